The van der Waals surface area contributed by atoms with Gasteiger partial charge in [0.15, 0.2) is 16.7 Å². The number of nitrogens with zero attached hydrogens (tertiary/aromatic N) is 2. The van der Waals surface area contributed by atoms with Crippen LogP contribution in [0.1, 0.15) is 22.3 Å². The van der Waals surface area contributed by atoms with Crippen LogP contribution in [0.25, 0.3) is 0 Å². The number of amides is 1. The number of aromatic nitrogens is 2. The highest BCUT2D eigenvalue weighted by Crippen LogP contribution is 2.33. The number of thioether (sulfide) groups is 1. The number of ether oxygens (including phenoxy) is 2. The van der Waals surface area contributed by atoms with Crippen LogP contribution in [0.2, 0.25) is 0 Å². The lowest BCUT2D eigenvalue weighted by Gasteiger charge is -2.13. The summed E-state index contributed by atoms with van der Waals surface area (Å²) in [5.41, 5.74) is 5.32. The van der Waals surface area contributed by atoms with Crippen molar-refractivity contribution in [1.29, 1.82) is 0 Å². The largest absolute Gasteiger partial charge is 0.454 e. The van der Waals surface area contributed by atoms with Gasteiger partial charge in [-0.15, -0.1) is 0 Å². The van der Waals surface area contributed by atoms with Gasteiger partial charge in [0, 0.05) is 24.6 Å². The Bertz CT molecular complexity index is 1040. The van der Waals surface area contributed by atoms with E-state index in [0.717, 1.165) is 39.0 Å². The lowest BCUT2D eigenvalue weighted by molar-refractivity contribution is -0.113. The van der Waals surface area contributed by atoms with Gasteiger partial charge in [0.05, 0.1) is 5.75 Å². The minimum absolute atomic E-state index is 0.0392. The molecule has 150 valence electrons. The predicted octanol–water partition coefficient (Wildman–Crippen LogP) is 4.32. The highest BCUT2D eigenvalue weighted by Gasteiger charge is 2.15. The Morgan fingerprint density at radius 1 is 1.14 bits per heavy atom. The fourth-order valence-corrected chi connectivity index (χ4v) is 4.23. The molecule has 29 heavy (non-hydrogen) atoms. The third kappa shape index (κ3) is 4.40. The Morgan fingerprint density at radius 3 is 2.69 bits per heavy atom. The predicted molar refractivity (Wildman–Crippen MR) is 114 cm³/mol. The number of hydrogen-bond donors (Lipinski definition) is 1. The first-order valence-electron chi connectivity index (χ1n) is 9.40. The molecule has 0 aliphatic carbocycles. The molecule has 0 atom stereocenters. The smallest absolute Gasteiger partial charge is 0.234 e. The second kappa shape index (κ2) is 8.21. The molecular weight excluding hydrogens is 386 g/mol. The van der Waals surface area contributed by atoms with E-state index in [1.165, 1.54) is 17.3 Å². The summed E-state index contributed by atoms with van der Waals surface area (Å²) in [4.78, 5) is 16.9. The van der Waals surface area contributed by atoms with Crippen LogP contribution in [0.4, 0.5) is 5.69 Å². The highest BCUT2D eigenvalue weighted by molar-refractivity contribution is 7.99. The summed E-state index contributed by atoms with van der Waals surface area (Å²) < 4.78 is 12.8. The highest BCUT2D eigenvalue weighted by atomic mass is 32.2. The van der Waals surface area contributed by atoms with Gasteiger partial charge in [-0.2, -0.15) is 0 Å². The number of benzene rings is 2. The van der Waals surface area contributed by atoms with Gasteiger partial charge >= 0.3 is 0 Å². The summed E-state index contributed by atoms with van der Waals surface area (Å²) in [5, 5.41) is 3.84. The van der Waals surface area contributed by atoms with E-state index in [9.17, 15) is 4.79 Å². The first-order chi connectivity index (χ1) is 14.0. The number of anilines is 1. The maximum atomic E-state index is 12.5. The Hall–Kier alpha value is -2.93. The van der Waals surface area contributed by atoms with Gasteiger partial charge in [0.2, 0.25) is 12.7 Å². The number of rotatable bonds is 6. The number of aryl methyl sites for hydroxylation is 3. The second-order valence-corrected chi connectivity index (χ2v) is 8.08. The van der Waals surface area contributed by atoms with Gasteiger partial charge in [-0.3, -0.25) is 4.79 Å². The molecule has 1 amide bonds. The molecule has 1 aliphatic heterocycles. The van der Waals surface area contributed by atoms with E-state index in [0.29, 0.717) is 12.3 Å². The van der Waals surface area contributed by atoms with Gasteiger partial charge in [-0.1, -0.05) is 35.5 Å². The third-order valence-corrected chi connectivity index (χ3v) is 5.75. The molecule has 0 saturated heterocycles. The van der Waals surface area contributed by atoms with Gasteiger partial charge in [-0.25, -0.2) is 4.98 Å². The number of carbonyl (C=O) groups is 1. The zero-order chi connectivity index (χ0) is 20.4. The van der Waals surface area contributed by atoms with Crippen LogP contribution in [0, 0.1) is 20.8 Å². The normalized spacial score (nSPS) is 12.2. The third-order valence-electron chi connectivity index (χ3n) is 4.74. The molecule has 6 nitrogen and oxygen atoms in total. The molecule has 0 spiro atoms. The number of nitrogens with one attached hydrogen (secondary N) is 1. The Kier molecular flexibility index (Phi) is 5.49. The molecule has 0 radical (unpaired) electrons. The van der Waals surface area contributed by atoms with E-state index in [-0.39, 0.29) is 12.7 Å². The van der Waals surface area contributed by atoms with Crippen LogP contribution in [-0.4, -0.2) is 28.0 Å². The summed E-state index contributed by atoms with van der Waals surface area (Å²) in [6, 6.07) is 10.1. The Labute approximate surface area is 174 Å². The molecule has 2 heterocycles. The zero-order valence-corrected chi connectivity index (χ0v) is 17.5. The molecule has 2 aromatic carbocycles. The second-order valence-electron chi connectivity index (χ2n) is 7.14. The lowest BCUT2D eigenvalue weighted by atomic mass is 10.1. The molecule has 0 bridgehead atoms. The standard InChI is InChI=1S/C22H23N3O3S/c1-14-8-15(2)21(16(3)9-14)24-20(26)12-29-22-23-6-7-25(22)11-17-4-5-18-19(10-17)28-13-27-18/h4-10H,11-13H2,1-3H3,(H,24,26). The average Bonchev–Trinajstić information content (AvgIpc) is 3.31. The molecule has 1 aromatic heterocycles. The molecule has 0 unspecified atom stereocenters. The minimum Gasteiger partial charge on any atom is -0.454 e. The lowest BCUT2D eigenvalue weighted by Crippen LogP contribution is -2.16. The van der Waals surface area contributed by atoms with Crippen molar-refractivity contribution in [1.82, 2.24) is 9.55 Å². The van der Waals surface area contributed by atoms with Crippen molar-refractivity contribution in [2.45, 2.75) is 32.5 Å². The topological polar surface area (TPSA) is 65.4 Å². The molecular formula is C22H23N3O3S. The first-order valence-corrected chi connectivity index (χ1v) is 10.4. The summed E-state index contributed by atoms with van der Waals surface area (Å²) in [5.74, 6) is 1.79. The van der Waals surface area contributed by atoms with Crippen molar-refractivity contribution in [3.05, 3.63) is 65.0 Å². The average molecular weight is 410 g/mol. The maximum Gasteiger partial charge on any atom is 0.234 e. The minimum atomic E-state index is -0.0392. The molecule has 0 fully saturated rings. The van der Waals surface area contributed by atoms with Crippen molar-refractivity contribution < 1.29 is 14.3 Å². The molecule has 7 heteroatoms. The summed E-state index contributed by atoms with van der Waals surface area (Å²) >= 11 is 1.42. The molecule has 1 aliphatic rings. The number of carbonyl (C=O) groups excluding carboxylic acids is 1. The fraction of sp³-hybridized carbons (Fsp3) is 0.273. The van der Waals surface area contributed by atoms with Crippen LogP contribution in [-0.2, 0) is 11.3 Å². The first kappa shape index (κ1) is 19.4. The number of imidazole rings is 1. The zero-order valence-electron chi connectivity index (χ0n) is 16.7. The van der Waals surface area contributed by atoms with E-state index in [1.807, 2.05) is 42.8 Å². The molecule has 4 rings (SSSR count). The SMILES string of the molecule is Cc1cc(C)c(NC(=O)CSc2nccn2Cc2ccc3c(c2)OCO3)c(C)c1. The van der Waals surface area contributed by atoms with Gasteiger partial charge < -0.3 is 19.4 Å². The van der Waals surface area contributed by atoms with E-state index < -0.39 is 0 Å². The fourth-order valence-electron chi connectivity index (χ4n) is 3.47. The van der Waals surface area contributed by atoms with E-state index in [4.69, 9.17) is 9.47 Å². The van der Waals surface area contributed by atoms with Crippen LogP contribution in [0.3, 0.4) is 0 Å². The van der Waals surface area contributed by atoms with Crippen LogP contribution < -0.4 is 14.8 Å². The van der Waals surface area contributed by atoms with Crippen LogP contribution in [0.15, 0.2) is 47.9 Å². The van der Waals surface area contributed by atoms with E-state index in [2.05, 4.69) is 29.4 Å². The van der Waals surface area contributed by atoms with E-state index in [1.54, 1.807) is 6.20 Å². The van der Waals surface area contributed by atoms with Gasteiger partial charge in [0.1, 0.15) is 0 Å². The summed E-state index contributed by atoms with van der Waals surface area (Å²) in [6.45, 7) is 7.00. The van der Waals surface area contributed by atoms with Gasteiger partial charge in [0.25, 0.3) is 0 Å². The summed E-state index contributed by atoms with van der Waals surface area (Å²) in [6.07, 6.45) is 3.67. The molecule has 0 saturated carbocycles. The quantitative estimate of drug-likeness (QED) is 0.615. The van der Waals surface area contributed by atoms with E-state index >= 15 is 0 Å². The monoisotopic (exact) mass is 409 g/mol. The van der Waals surface area contributed by atoms with Gasteiger partial charge in [-0.05, 0) is 49.6 Å². The van der Waals surface area contributed by atoms with Crippen molar-refractivity contribution in [2.24, 2.45) is 0 Å². The Balaban J connectivity index is 1.39. The van der Waals surface area contributed by atoms with Crippen molar-refractivity contribution in [3.63, 3.8) is 0 Å². The van der Waals surface area contributed by atoms with Crippen molar-refractivity contribution in [3.8, 4) is 11.5 Å². The van der Waals surface area contributed by atoms with Crippen LogP contribution in [0.5, 0.6) is 11.5 Å². The molecule has 1 N–H and O–H groups in total. The summed E-state index contributed by atoms with van der Waals surface area (Å²) in [7, 11) is 0. The van der Waals surface area contributed by atoms with Crippen molar-refractivity contribution in [2.75, 3.05) is 17.9 Å². The number of fused-ring (bicyclic) bond motifs is 1. The Morgan fingerprint density at radius 2 is 1.90 bits per heavy atom. The number of hydrogen-bond acceptors (Lipinski definition) is 5. The van der Waals surface area contributed by atoms with Crippen LogP contribution >= 0.6 is 11.8 Å². The van der Waals surface area contributed by atoms with Crippen molar-refractivity contribution >= 4 is 23.4 Å². The molecule has 3 aromatic rings. The maximum absolute atomic E-state index is 12.5.